The molecule has 0 fully saturated rings. The number of Topliss-reactive ketones (excluding diaryl/α,β-unsaturated/α-hetero) is 1. The van der Waals surface area contributed by atoms with Crippen LogP contribution in [0.2, 0.25) is 0 Å². The number of carbonyl (C=O) groups is 2. The van der Waals surface area contributed by atoms with Gasteiger partial charge in [-0.15, -0.1) is 0 Å². The summed E-state index contributed by atoms with van der Waals surface area (Å²) in [5.74, 6) is 0.226. The molecule has 32 heavy (non-hydrogen) atoms. The summed E-state index contributed by atoms with van der Waals surface area (Å²) in [5, 5.41) is 14.2. The van der Waals surface area contributed by atoms with Gasteiger partial charge in [0.15, 0.2) is 5.78 Å². The van der Waals surface area contributed by atoms with Crippen LogP contribution >= 0.6 is 0 Å². The third-order valence-electron chi connectivity index (χ3n) is 5.68. The van der Waals surface area contributed by atoms with Crippen LogP contribution in [0.5, 0.6) is 11.6 Å². The molecule has 1 heterocycles. The van der Waals surface area contributed by atoms with Gasteiger partial charge in [-0.3, -0.25) is 4.79 Å². The average molecular weight is 437 g/mol. The van der Waals surface area contributed by atoms with Gasteiger partial charge < -0.3 is 15.2 Å². The number of para-hydroxylation sites is 1. The number of hydrogen-bond acceptors (Lipinski definition) is 4. The van der Waals surface area contributed by atoms with Crippen molar-refractivity contribution in [3.05, 3.63) is 54.1 Å². The van der Waals surface area contributed by atoms with Crippen LogP contribution in [-0.4, -0.2) is 28.6 Å². The molecule has 6 nitrogen and oxygen atoms in total. The van der Waals surface area contributed by atoms with Gasteiger partial charge in [-0.2, -0.15) is 0 Å². The van der Waals surface area contributed by atoms with Crippen molar-refractivity contribution >= 4 is 28.4 Å². The van der Waals surface area contributed by atoms with E-state index in [2.05, 4.69) is 12.2 Å². The van der Waals surface area contributed by atoms with Gasteiger partial charge >= 0.3 is 6.03 Å². The lowest BCUT2D eigenvalue weighted by atomic mass is 10.0. The maximum atomic E-state index is 13.0. The van der Waals surface area contributed by atoms with Gasteiger partial charge in [0.2, 0.25) is 5.88 Å². The Morgan fingerprint density at radius 2 is 1.59 bits per heavy atom. The quantitative estimate of drug-likeness (QED) is 0.257. The van der Waals surface area contributed by atoms with E-state index in [0.717, 1.165) is 23.8 Å². The van der Waals surface area contributed by atoms with Gasteiger partial charge in [-0.05, 0) is 36.8 Å². The molecule has 3 rings (SSSR count). The number of nitrogens with zero attached hydrogens (tertiary/aromatic N) is 1. The maximum absolute atomic E-state index is 13.0. The SMILES string of the molecule is CCCCCCCCCC(=O)c1c(O)n(C(=O)Nc2ccc(OC)cc2)c2ccccc12. The molecule has 0 bridgehead atoms. The predicted octanol–water partition coefficient (Wildman–Crippen LogP) is 6.76. The minimum atomic E-state index is -0.529. The third-order valence-corrected chi connectivity index (χ3v) is 5.68. The molecule has 0 atom stereocenters. The van der Waals surface area contributed by atoms with Crippen LogP contribution in [0.25, 0.3) is 10.9 Å². The van der Waals surface area contributed by atoms with Gasteiger partial charge in [-0.1, -0.05) is 63.6 Å². The van der Waals surface area contributed by atoms with Crippen LogP contribution in [0.15, 0.2) is 48.5 Å². The first kappa shape index (κ1) is 23.4. The Balaban J connectivity index is 1.74. The smallest absolute Gasteiger partial charge is 0.333 e. The van der Waals surface area contributed by atoms with Crippen molar-refractivity contribution in [1.29, 1.82) is 0 Å². The number of anilines is 1. The Hall–Kier alpha value is -3.28. The average Bonchev–Trinajstić information content (AvgIpc) is 3.10. The van der Waals surface area contributed by atoms with E-state index in [4.69, 9.17) is 4.74 Å². The summed E-state index contributed by atoms with van der Waals surface area (Å²) in [4.78, 5) is 25.9. The number of ketones is 1. The molecule has 170 valence electrons. The zero-order valence-electron chi connectivity index (χ0n) is 18.9. The number of benzene rings is 2. The fraction of sp³-hybridized carbons (Fsp3) is 0.385. The zero-order chi connectivity index (χ0) is 22.9. The van der Waals surface area contributed by atoms with Crippen molar-refractivity contribution in [3.63, 3.8) is 0 Å². The fourth-order valence-electron chi connectivity index (χ4n) is 3.93. The lowest BCUT2D eigenvalue weighted by Crippen LogP contribution is -2.19. The summed E-state index contributed by atoms with van der Waals surface area (Å²) >= 11 is 0. The largest absolute Gasteiger partial charge is 0.497 e. The number of fused-ring (bicyclic) bond motifs is 1. The second-order valence-electron chi connectivity index (χ2n) is 8.00. The molecule has 6 heteroatoms. The molecule has 0 aliphatic carbocycles. The van der Waals surface area contributed by atoms with Gasteiger partial charge in [0.25, 0.3) is 0 Å². The molecule has 0 aliphatic rings. The number of methoxy groups -OCH3 is 1. The summed E-state index contributed by atoms with van der Waals surface area (Å²) in [6, 6.07) is 13.5. The highest BCUT2D eigenvalue weighted by molar-refractivity contribution is 6.14. The number of carbonyl (C=O) groups excluding carboxylic acids is 2. The second-order valence-corrected chi connectivity index (χ2v) is 8.00. The second kappa shape index (κ2) is 11.4. The maximum Gasteiger partial charge on any atom is 0.333 e. The number of aromatic hydroxyl groups is 1. The lowest BCUT2D eigenvalue weighted by Gasteiger charge is -2.09. The summed E-state index contributed by atoms with van der Waals surface area (Å²) in [5.41, 5.74) is 1.28. The van der Waals surface area contributed by atoms with Crippen LogP contribution in [0, 0.1) is 0 Å². The Morgan fingerprint density at radius 3 is 2.28 bits per heavy atom. The first-order valence-corrected chi connectivity index (χ1v) is 11.4. The van der Waals surface area contributed by atoms with E-state index in [-0.39, 0.29) is 17.2 Å². The Kier molecular flexibility index (Phi) is 8.31. The summed E-state index contributed by atoms with van der Waals surface area (Å²) in [7, 11) is 1.57. The Bertz CT molecular complexity index is 1050. The van der Waals surface area contributed by atoms with Crippen LogP contribution in [-0.2, 0) is 0 Å². The molecule has 1 amide bonds. The molecule has 0 spiro atoms. The highest BCUT2D eigenvalue weighted by Gasteiger charge is 2.25. The highest BCUT2D eigenvalue weighted by atomic mass is 16.5. The standard InChI is InChI=1S/C26H32N2O4/c1-3-4-5-6-7-8-9-14-23(29)24-21-12-10-11-13-22(21)28(25(24)30)26(31)27-19-15-17-20(32-2)18-16-19/h10-13,15-18,30H,3-9,14H2,1-2H3,(H,27,31). The number of aromatic nitrogens is 1. The lowest BCUT2D eigenvalue weighted by molar-refractivity contribution is 0.0978. The number of amides is 1. The van der Waals surface area contributed by atoms with Crippen molar-refractivity contribution in [1.82, 2.24) is 4.57 Å². The van der Waals surface area contributed by atoms with E-state index in [0.29, 0.717) is 28.8 Å². The predicted molar refractivity (Wildman–Crippen MR) is 128 cm³/mol. The molecule has 2 aromatic carbocycles. The van der Waals surface area contributed by atoms with Crippen molar-refractivity contribution in [2.75, 3.05) is 12.4 Å². The molecule has 3 aromatic rings. The molecule has 2 N–H and O–H groups in total. The van der Waals surface area contributed by atoms with Crippen LogP contribution in [0.3, 0.4) is 0 Å². The van der Waals surface area contributed by atoms with Crippen molar-refractivity contribution in [3.8, 4) is 11.6 Å². The molecule has 0 saturated heterocycles. The van der Waals surface area contributed by atoms with Crippen LogP contribution in [0.1, 0.15) is 68.6 Å². The molecule has 0 unspecified atom stereocenters. The van der Waals surface area contributed by atoms with Crippen molar-refractivity contribution < 1.29 is 19.4 Å². The summed E-state index contributed by atoms with van der Waals surface area (Å²) in [6.45, 7) is 2.19. The molecule has 0 aliphatic heterocycles. The van der Waals surface area contributed by atoms with Gasteiger partial charge in [-0.25, -0.2) is 9.36 Å². The number of ether oxygens (including phenoxy) is 1. The number of unbranched alkanes of at least 4 members (excludes halogenated alkanes) is 6. The van der Waals surface area contributed by atoms with E-state index >= 15 is 0 Å². The number of rotatable bonds is 11. The van der Waals surface area contributed by atoms with Gasteiger partial charge in [0.05, 0.1) is 18.2 Å². The first-order valence-electron chi connectivity index (χ1n) is 11.4. The molecule has 1 aromatic heterocycles. The Labute approximate surface area is 189 Å². The van der Waals surface area contributed by atoms with Crippen LogP contribution in [0.4, 0.5) is 10.5 Å². The molecule has 0 saturated carbocycles. The Morgan fingerprint density at radius 1 is 0.938 bits per heavy atom. The molecular formula is C26H32N2O4. The van der Waals surface area contributed by atoms with E-state index in [1.807, 2.05) is 0 Å². The first-order chi connectivity index (χ1) is 15.6. The van der Waals surface area contributed by atoms with Crippen LogP contribution < -0.4 is 10.1 Å². The summed E-state index contributed by atoms with van der Waals surface area (Å²) < 4.78 is 6.30. The van der Waals surface area contributed by atoms with E-state index in [9.17, 15) is 14.7 Å². The number of hydrogen-bond donors (Lipinski definition) is 2. The number of nitrogens with one attached hydrogen (secondary N) is 1. The molecule has 0 radical (unpaired) electrons. The third kappa shape index (κ3) is 5.49. The minimum Gasteiger partial charge on any atom is -0.497 e. The van der Waals surface area contributed by atoms with Crippen molar-refractivity contribution in [2.24, 2.45) is 0 Å². The van der Waals surface area contributed by atoms with Gasteiger partial charge in [0.1, 0.15) is 5.75 Å². The minimum absolute atomic E-state index is 0.136. The van der Waals surface area contributed by atoms with E-state index in [1.54, 1.807) is 55.6 Å². The topological polar surface area (TPSA) is 80.6 Å². The monoisotopic (exact) mass is 436 g/mol. The normalized spacial score (nSPS) is 10.9. The van der Waals surface area contributed by atoms with Crippen molar-refractivity contribution in [2.45, 2.75) is 58.3 Å². The zero-order valence-corrected chi connectivity index (χ0v) is 18.9. The van der Waals surface area contributed by atoms with Gasteiger partial charge in [0, 0.05) is 17.5 Å². The van der Waals surface area contributed by atoms with E-state index < -0.39 is 6.03 Å². The molecular weight excluding hydrogens is 404 g/mol. The van der Waals surface area contributed by atoms with E-state index in [1.165, 1.54) is 25.7 Å². The highest BCUT2D eigenvalue weighted by Crippen LogP contribution is 2.33. The summed E-state index contributed by atoms with van der Waals surface area (Å²) in [6.07, 6.45) is 8.15. The fourth-order valence-corrected chi connectivity index (χ4v) is 3.93.